The molecule has 0 aromatic carbocycles. The van der Waals surface area contributed by atoms with E-state index in [1.165, 1.54) is 161 Å². The largest absolute Gasteiger partial charge is 0.756 e. The summed E-state index contributed by atoms with van der Waals surface area (Å²) in [6, 6.07) is -0.915. The number of nitrogens with one attached hydrogen (secondary N) is 1. The normalized spacial score (nSPS) is 14.4. The maximum atomic E-state index is 12.9. The molecule has 9 heteroatoms. The number of phosphoric ester groups is 1. The van der Waals surface area contributed by atoms with Crippen LogP contribution in [0.2, 0.25) is 0 Å². The zero-order valence-electron chi connectivity index (χ0n) is 45.3. The first-order chi connectivity index (χ1) is 33.0. The third kappa shape index (κ3) is 52.0. The van der Waals surface area contributed by atoms with Gasteiger partial charge < -0.3 is 28.8 Å². The highest BCUT2D eigenvalue weighted by atomic mass is 31.2. The Morgan fingerprint density at radius 1 is 0.529 bits per heavy atom. The van der Waals surface area contributed by atoms with Crippen LogP contribution in [0, 0.1) is 0 Å². The van der Waals surface area contributed by atoms with E-state index in [9.17, 15) is 19.4 Å². The number of carbonyl (C=O) groups is 1. The number of phosphoric acid groups is 1. The molecule has 3 unspecified atom stereocenters. The number of aliphatic hydroxyl groups excluding tert-OH is 1. The molecule has 0 saturated heterocycles. The van der Waals surface area contributed by atoms with Crippen LogP contribution in [0.1, 0.15) is 258 Å². The SMILES string of the molecule is CC/C=C\C/C=C\C/C=C\CCCCCCCC(=O)NC(COP(=O)([O-])OCC[N+](C)(C)C)C(O)/C=C/CC/C=C/CCCCCCCCCCCCCCCCCCCCCCCCCCC. The van der Waals surface area contributed by atoms with Gasteiger partial charge in [0.25, 0.3) is 7.82 Å². The number of quaternary nitrogens is 1. The Kier molecular flexibility index (Phi) is 48.8. The lowest BCUT2D eigenvalue weighted by atomic mass is 10.0. The summed E-state index contributed by atoms with van der Waals surface area (Å²) in [6.45, 7) is 4.51. The third-order valence-electron chi connectivity index (χ3n) is 12.7. The smallest absolute Gasteiger partial charge is 0.268 e. The molecular weight excluding hydrogens is 864 g/mol. The van der Waals surface area contributed by atoms with Crippen LogP contribution in [-0.2, 0) is 18.4 Å². The first-order valence-electron chi connectivity index (χ1n) is 28.7. The van der Waals surface area contributed by atoms with Gasteiger partial charge in [-0.1, -0.05) is 248 Å². The minimum atomic E-state index is -4.61. The number of unbranched alkanes of at least 4 members (excludes halogenated alkanes) is 31. The van der Waals surface area contributed by atoms with Crippen LogP contribution in [-0.4, -0.2) is 68.5 Å². The summed E-state index contributed by atoms with van der Waals surface area (Å²) in [6.07, 6.45) is 67.5. The molecule has 0 spiro atoms. The Balaban J connectivity index is 4.17. The van der Waals surface area contributed by atoms with Crippen molar-refractivity contribution in [2.75, 3.05) is 40.9 Å². The molecule has 0 aromatic heterocycles. The standard InChI is InChI=1S/C59H111N2O6P/c1-6-8-10-12-14-16-18-20-22-23-24-25-26-27-28-29-30-31-32-33-34-35-36-37-39-40-42-44-46-48-50-52-58(62)57(56-67-68(64,65)66-55-54-61(3,4)5)60-59(63)53-51-49-47-45-43-41-38-21-19-17-15-13-11-9-7-2/h9,11,15,17,21,38,42,44,50,52,57-58,62H,6-8,10,12-14,16,18-20,22-37,39-41,43,45-49,51,53-56H2,1-5H3,(H-,60,63,64,65)/b11-9-,17-15-,38-21-,44-42+,52-50+. The van der Waals surface area contributed by atoms with Gasteiger partial charge in [0.15, 0.2) is 0 Å². The fourth-order valence-electron chi connectivity index (χ4n) is 8.24. The van der Waals surface area contributed by atoms with E-state index in [4.69, 9.17) is 9.05 Å². The zero-order valence-corrected chi connectivity index (χ0v) is 46.2. The lowest BCUT2D eigenvalue weighted by Crippen LogP contribution is -2.45. The molecule has 68 heavy (non-hydrogen) atoms. The van der Waals surface area contributed by atoms with Gasteiger partial charge in [0, 0.05) is 6.42 Å². The predicted molar refractivity (Wildman–Crippen MR) is 293 cm³/mol. The Morgan fingerprint density at radius 2 is 0.912 bits per heavy atom. The highest BCUT2D eigenvalue weighted by molar-refractivity contribution is 7.45. The van der Waals surface area contributed by atoms with Crippen molar-refractivity contribution in [3.63, 3.8) is 0 Å². The molecule has 0 bridgehead atoms. The molecule has 0 fully saturated rings. The van der Waals surface area contributed by atoms with Gasteiger partial charge in [-0.2, -0.15) is 0 Å². The summed E-state index contributed by atoms with van der Waals surface area (Å²) in [5, 5.41) is 13.8. The fraction of sp³-hybridized carbons (Fsp3) is 0.814. The van der Waals surface area contributed by atoms with Crippen LogP contribution in [0.5, 0.6) is 0 Å². The molecule has 0 saturated carbocycles. The Bertz CT molecular complexity index is 1290. The van der Waals surface area contributed by atoms with Gasteiger partial charge in [-0.15, -0.1) is 0 Å². The van der Waals surface area contributed by atoms with Gasteiger partial charge >= 0.3 is 0 Å². The molecule has 1 amide bonds. The van der Waals surface area contributed by atoms with Gasteiger partial charge in [0.2, 0.25) is 5.91 Å². The van der Waals surface area contributed by atoms with Crippen molar-refractivity contribution in [3.8, 4) is 0 Å². The van der Waals surface area contributed by atoms with Crippen molar-refractivity contribution in [2.24, 2.45) is 0 Å². The first kappa shape index (κ1) is 66.2. The molecule has 0 radical (unpaired) electrons. The maximum absolute atomic E-state index is 12.9. The van der Waals surface area contributed by atoms with Gasteiger partial charge in [-0.25, -0.2) is 0 Å². The van der Waals surface area contributed by atoms with Crippen molar-refractivity contribution in [1.82, 2.24) is 5.32 Å². The third-order valence-corrected chi connectivity index (χ3v) is 13.7. The summed E-state index contributed by atoms with van der Waals surface area (Å²) >= 11 is 0. The molecule has 0 aliphatic heterocycles. The Morgan fingerprint density at radius 3 is 1.37 bits per heavy atom. The molecule has 0 aliphatic carbocycles. The number of rotatable bonds is 52. The lowest BCUT2D eigenvalue weighted by Gasteiger charge is -2.29. The van der Waals surface area contributed by atoms with Gasteiger partial charge in [0.05, 0.1) is 39.9 Å². The van der Waals surface area contributed by atoms with Crippen LogP contribution in [0.3, 0.4) is 0 Å². The van der Waals surface area contributed by atoms with Crippen molar-refractivity contribution in [1.29, 1.82) is 0 Å². The van der Waals surface area contributed by atoms with E-state index in [-0.39, 0.29) is 12.5 Å². The number of hydrogen-bond donors (Lipinski definition) is 2. The lowest BCUT2D eigenvalue weighted by molar-refractivity contribution is -0.870. The molecular formula is C59H111N2O6P. The highest BCUT2D eigenvalue weighted by Gasteiger charge is 2.23. The highest BCUT2D eigenvalue weighted by Crippen LogP contribution is 2.38. The summed E-state index contributed by atoms with van der Waals surface area (Å²) in [7, 11) is 1.23. The van der Waals surface area contributed by atoms with Crippen molar-refractivity contribution >= 4 is 13.7 Å². The van der Waals surface area contributed by atoms with E-state index in [1.807, 2.05) is 27.2 Å². The summed E-state index contributed by atoms with van der Waals surface area (Å²) in [5.74, 6) is -0.224. The van der Waals surface area contributed by atoms with Crippen LogP contribution >= 0.6 is 7.82 Å². The summed E-state index contributed by atoms with van der Waals surface area (Å²) in [5.41, 5.74) is 0. The molecule has 3 atom stereocenters. The topological polar surface area (TPSA) is 108 Å². The zero-order chi connectivity index (χ0) is 49.9. The van der Waals surface area contributed by atoms with E-state index >= 15 is 0 Å². The van der Waals surface area contributed by atoms with E-state index in [0.717, 1.165) is 77.0 Å². The second kappa shape index (κ2) is 50.2. The predicted octanol–water partition coefficient (Wildman–Crippen LogP) is 16.7. The number of likely N-dealkylation sites (N-methyl/N-ethyl adjacent to an activating group) is 1. The Labute approximate surface area is 422 Å². The minimum absolute atomic E-state index is 0.0121. The minimum Gasteiger partial charge on any atom is -0.756 e. The Hall–Kier alpha value is -1.80. The summed E-state index contributed by atoms with van der Waals surface area (Å²) < 4.78 is 23.3. The quantitative estimate of drug-likeness (QED) is 0.0272. The van der Waals surface area contributed by atoms with E-state index in [2.05, 4.69) is 67.8 Å². The number of nitrogens with zero attached hydrogens (tertiary/aromatic N) is 1. The molecule has 398 valence electrons. The van der Waals surface area contributed by atoms with Crippen molar-refractivity contribution < 1.29 is 32.9 Å². The second-order valence-electron chi connectivity index (χ2n) is 20.6. The van der Waals surface area contributed by atoms with E-state index in [1.54, 1.807) is 6.08 Å². The molecule has 0 rings (SSSR count). The van der Waals surface area contributed by atoms with Gasteiger partial charge in [-0.3, -0.25) is 9.36 Å². The van der Waals surface area contributed by atoms with Gasteiger partial charge in [0.1, 0.15) is 13.2 Å². The van der Waals surface area contributed by atoms with Crippen LogP contribution in [0.15, 0.2) is 60.8 Å². The van der Waals surface area contributed by atoms with Crippen LogP contribution in [0.25, 0.3) is 0 Å². The average molecular weight is 976 g/mol. The number of carbonyl (C=O) groups excluding carboxylic acids is 1. The van der Waals surface area contributed by atoms with Gasteiger partial charge in [-0.05, 0) is 64.2 Å². The molecule has 0 heterocycles. The number of aliphatic hydroxyl groups is 1. The number of allylic oxidation sites excluding steroid dienone is 9. The van der Waals surface area contributed by atoms with E-state index < -0.39 is 26.6 Å². The monoisotopic (exact) mass is 975 g/mol. The van der Waals surface area contributed by atoms with Crippen molar-refractivity contribution in [2.45, 2.75) is 270 Å². The first-order valence-corrected chi connectivity index (χ1v) is 30.1. The van der Waals surface area contributed by atoms with E-state index in [0.29, 0.717) is 17.4 Å². The van der Waals surface area contributed by atoms with Crippen molar-refractivity contribution in [3.05, 3.63) is 60.8 Å². The molecule has 0 aliphatic rings. The van der Waals surface area contributed by atoms with Crippen LogP contribution in [0.4, 0.5) is 0 Å². The second-order valence-corrected chi connectivity index (χ2v) is 22.0. The molecule has 2 N–H and O–H groups in total. The average Bonchev–Trinajstić information content (AvgIpc) is 3.30. The number of hydrogen-bond acceptors (Lipinski definition) is 6. The van der Waals surface area contributed by atoms with Crippen LogP contribution < -0.4 is 10.2 Å². The molecule has 8 nitrogen and oxygen atoms in total. The molecule has 0 aromatic rings. The summed E-state index contributed by atoms with van der Waals surface area (Å²) in [4.78, 5) is 25.4. The number of amides is 1. The fourth-order valence-corrected chi connectivity index (χ4v) is 8.97. The maximum Gasteiger partial charge on any atom is 0.268 e.